The van der Waals surface area contributed by atoms with Crippen molar-refractivity contribution >= 4 is 10.9 Å². The van der Waals surface area contributed by atoms with Gasteiger partial charge in [-0.05, 0) is 36.6 Å². The van der Waals surface area contributed by atoms with Crippen LogP contribution in [-0.2, 0) is 13.6 Å². The number of rotatable bonds is 6. The monoisotopic (exact) mass is 336 g/mol. The van der Waals surface area contributed by atoms with Gasteiger partial charge in [0.05, 0.1) is 5.52 Å². The standard InChI is InChI=1S/C21H24N2O2/c1-22(19(12-13-24)16-8-4-3-5-9-16)15-18-14-17-10-6-7-11-20(17)23(2)21(18)25/h3-11,14,19,24H,12-13,15H2,1-2H3/t19-/m1/s1. The highest BCUT2D eigenvalue weighted by atomic mass is 16.3. The van der Waals surface area contributed by atoms with Gasteiger partial charge in [-0.1, -0.05) is 48.5 Å². The molecule has 0 amide bonds. The molecule has 0 radical (unpaired) electrons. The Balaban J connectivity index is 1.94. The molecule has 1 aromatic heterocycles. The maximum absolute atomic E-state index is 12.7. The molecule has 0 unspecified atom stereocenters. The predicted octanol–water partition coefficient (Wildman–Crippen LogP) is 3.09. The maximum Gasteiger partial charge on any atom is 0.255 e. The molecular formula is C21H24N2O2. The van der Waals surface area contributed by atoms with Gasteiger partial charge in [-0.15, -0.1) is 0 Å². The second kappa shape index (κ2) is 7.64. The van der Waals surface area contributed by atoms with E-state index in [4.69, 9.17) is 0 Å². The van der Waals surface area contributed by atoms with E-state index in [0.717, 1.165) is 22.0 Å². The fraction of sp³-hybridized carbons (Fsp3) is 0.286. The normalized spacial score (nSPS) is 12.6. The van der Waals surface area contributed by atoms with Crippen LogP contribution in [0.2, 0.25) is 0 Å². The number of hydrogen-bond donors (Lipinski definition) is 1. The molecule has 0 spiro atoms. The fourth-order valence-electron chi connectivity index (χ4n) is 3.42. The first-order chi connectivity index (χ1) is 12.1. The number of fused-ring (bicyclic) bond motifs is 1. The van der Waals surface area contributed by atoms with Crippen molar-refractivity contribution in [2.24, 2.45) is 7.05 Å². The number of aliphatic hydroxyl groups is 1. The zero-order valence-electron chi connectivity index (χ0n) is 14.7. The molecule has 0 aliphatic rings. The fourth-order valence-corrected chi connectivity index (χ4v) is 3.42. The second-order valence-electron chi connectivity index (χ2n) is 6.45. The van der Waals surface area contributed by atoms with E-state index < -0.39 is 0 Å². The van der Waals surface area contributed by atoms with Crippen LogP contribution in [0.3, 0.4) is 0 Å². The Bertz CT molecular complexity index is 903. The summed E-state index contributed by atoms with van der Waals surface area (Å²) in [5.74, 6) is 0. The summed E-state index contributed by atoms with van der Waals surface area (Å²) >= 11 is 0. The van der Waals surface area contributed by atoms with Crippen molar-refractivity contribution in [3.05, 3.63) is 82.1 Å². The topological polar surface area (TPSA) is 45.5 Å². The third kappa shape index (κ3) is 3.65. The summed E-state index contributed by atoms with van der Waals surface area (Å²) in [6.45, 7) is 0.650. The number of nitrogens with zero attached hydrogens (tertiary/aromatic N) is 2. The van der Waals surface area contributed by atoms with E-state index in [-0.39, 0.29) is 18.2 Å². The first-order valence-electron chi connectivity index (χ1n) is 8.55. The average Bonchev–Trinajstić information content (AvgIpc) is 2.64. The summed E-state index contributed by atoms with van der Waals surface area (Å²) < 4.78 is 1.71. The van der Waals surface area contributed by atoms with Crippen LogP contribution in [0.15, 0.2) is 65.5 Å². The van der Waals surface area contributed by atoms with Gasteiger partial charge in [-0.3, -0.25) is 9.69 Å². The van der Waals surface area contributed by atoms with Gasteiger partial charge in [-0.2, -0.15) is 0 Å². The minimum Gasteiger partial charge on any atom is -0.396 e. The van der Waals surface area contributed by atoms with E-state index in [1.54, 1.807) is 4.57 Å². The lowest BCUT2D eigenvalue weighted by molar-refractivity contribution is 0.179. The predicted molar refractivity (Wildman–Crippen MR) is 102 cm³/mol. The summed E-state index contributed by atoms with van der Waals surface area (Å²) in [5, 5.41) is 10.5. The molecule has 3 rings (SSSR count). The lowest BCUT2D eigenvalue weighted by Gasteiger charge is -2.28. The van der Waals surface area contributed by atoms with Gasteiger partial charge in [0, 0.05) is 31.8 Å². The van der Waals surface area contributed by atoms with Gasteiger partial charge in [-0.25, -0.2) is 0 Å². The van der Waals surface area contributed by atoms with Gasteiger partial charge >= 0.3 is 0 Å². The minimum atomic E-state index is 0.0290. The molecule has 0 saturated heterocycles. The van der Waals surface area contributed by atoms with Crippen molar-refractivity contribution in [1.82, 2.24) is 9.47 Å². The molecule has 2 aromatic carbocycles. The highest BCUT2D eigenvalue weighted by molar-refractivity contribution is 5.79. The van der Waals surface area contributed by atoms with Crippen molar-refractivity contribution in [2.75, 3.05) is 13.7 Å². The van der Waals surface area contributed by atoms with Gasteiger partial charge < -0.3 is 9.67 Å². The number of hydrogen-bond acceptors (Lipinski definition) is 3. The van der Waals surface area contributed by atoms with Gasteiger partial charge in [0.2, 0.25) is 0 Å². The quantitative estimate of drug-likeness (QED) is 0.752. The van der Waals surface area contributed by atoms with Crippen LogP contribution in [0.1, 0.15) is 23.6 Å². The molecule has 0 aliphatic heterocycles. The zero-order valence-corrected chi connectivity index (χ0v) is 14.7. The maximum atomic E-state index is 12.7. The first kappa shape index (κ1) is 17.4. The van der Waals surface area contributed by atoms with Crippen LogP contribution in [-0.4, -0.2) is 28.2 Å². The van der Waals surface area contributed by atoms with Crippen molar-refractivity contribution in [3.63, 3.8) is 0 Å². The Kier molecular flexibility index (Phi) is 5.31. The summed E-state index contributed by atoms with van der Waals surface area (Å²) in [7, 11) is 3.82. The molecule has 130 valence electrons. The van der Waals surface area contributed by atoms with Crippen molar-refractivity contribution in [1.29, 1.82) is 0 Å². The summed E-state index contributed by atoms with van der Waals surface area (Å²) in [5.41, 5.74) is 2.88. The lowest BCUT2D eigenvalue weighted by Crippen LogP contribution is -2.30. The van der Waals surface area contributed by atoms with Crippen LogP contribution in [0.5, 0.6) is 0 Å². The third-order valence-electron chi connectivity index (χ3n) is 4.75. The van der Waals surface area contributed by atoms with E-state index in [0.29, 0.717) is 13.0 Å². The summed E-state index contributed by atoms with van der Waals surface area (Å²) in [6, 6.07) is 20.1. The molecule has 0 saturated carbocycles. The van der Waals surface area contributed by atoms with Crippen LogP contribution < -0.4 is 5.56 Å². The Morgan fingerprint density at radius 1 is 1.08 bits per heavy atom. The second-order valence-corrected chi connectivity index (χ2v) is 6.45. The van der Waals surface area contributed by atoms with E-state index in [9.17, 15) is 9.90 Å². The molecule has 25 heavy (non-hydrogen) atoms. The molecule has 0 aliphatic carbocycles. The van der Waals surface area contributed by atoms with Crippen molar-refractivity contribution < 1.29 is 5.11 Å². The number of para-hydroxylation sites is 1. The molecule has 0 fully saturated rings. The Morgan fingerprint density at radius 2 is 1.76 bits per heavy atom. The number of aryl methyl sites for hydroxylation is 1. The molecular weight excluding hydrogens is 312 g/mol. The third-order valence-corrected chi connectivity index (χ3v) is 4.75. The van der Waals surface area contributed by atoms with Gasteiger partial charge in [0.15, 0.2) is 0 Å². The Morgan fingerprint density at radius 3 is 2.48 bits per heavy atom. The van der Waals surface area contributed by atoms with Crippen LogP contribution in [0.25, 0.3) is 10.9 Å². The number of benzene rings is 2. The lowest BCUT2D eigenvalue weighted by atomic mass is 10.0. The summed E-state index contributed by atoms with van der Waals surface area (Å²) in [4.78, 5) is 14.9. The van der Waals surface area contributed by atoms with Crippen molar-refractivity contribution in [2.45, 2.75) is 19.0 Å². The van der Waals surface area contributed by atoms with Gasteiger partial charge in [0.25, 0.3) is 5.56 Å². The molecule has 1 heterocycles. The highest BCUT2D eigenvalue weighted by Gasteiger charge is 2.18. The first-order valence-corrected chi connectivity index (χ1v) is 8.55. The highest BCUT2D eigenvalue weighted by Crippen LogP contribution is 2.24. The van der Waals surface area contributed by atoms with Gasteiger partial charge in [0.1, 0.15) is 0 Å². The van der Waals surface area contributed by atoms with Crippen LogP contribution >= 0.6 is 0 Å². The van der Waals surface area contributed by atoms with E-state index >= 15 is 0 Å². The average molecular weight is 336 g/mol. The van der Waals surface area contributed by atoms with E-state index in [1.807, 2.05) is 62.6 Å². The smallest absolute Gasteiger partial charge is 0.255 e. The molecule has 0 bridgehead atoms. The van der Waals surface area contributed by atoms with Crippen molar-refractivity contribution in [3.8, 4) is 0 Å². The molecule has 1 N–H and O–H groups in total. The number of aromatic nitrogens is 1. The minimum absolute atomic E-state index is 0.0290. The van der Waals surface area contributed by atoms with Crippen LogP contribution in [0, 0.1) is 0 Å². The largest absolute Gasteiger partial charge is 0.396 e. The van der Waals surface area contributed by atoms with E-state index in [1.165, 1.54) is 0 Å². The Labute approximate surface area is 148 Å². The van der Waals surface area contributed by atoms with E-state index in [2.05, 4.69) is 17.0 Å². The molecule has 4 nitrogen and oxygen atoms in total. The SMILES string of the molecule is CN(Cc1cc2ccccc2n(C)c1=O)[C@H](CCO)c1ccccc1. The molecule has 3 aromatic rings. The Hall–Kier alpha value is -2.43. The number of pyridine rings is 1. The summed E-state index contributed by atoms with van der Waals surface area (Å²) in [6.07, 6.45) is 0.633. The zero-order chi connectivity index (χ0) is 17.8. The molecule has 4 heteroatoms. The van der Waals surface area contributed by atoms with Crippen LogP contribution in [0.4, 0.5) is 0 Å². The molecule has 1 atom stereocenters. The number of aliphatic hydroxyl groups excluding tert-OH is 1.